The van der Waals surface area contributed by atoms with Crippen molar-refractivity contribution in [2.75, 3.05) is 13.1 Å². The predicted octanol–water partition coefficient (Wildman–Crippen LogP) is 1.78. The molecule has 1 amide bonds. The lowest BCUT2D eigenvalue weighted by Crippen LogP contribution is -2.30. The summed E-state index contributed by atoms with van der Waals surface area (Å²) in [7, 11) is 0. The van der Waals surface area contributed by atoms with Crippen LogP contribution in [-0.4, -0.2) is 40.0 Å². The van der Waals surface area contributed by atoms with Gasteiger partial charge in [-0.25, -0.2) is 0 Å². The number of rotatable bonds is 2. The highest BCUT2D eigenvalue weighted by Crippen LogP contribution is 2.22. The van der Waals surface area contributed by atoms with Crippen LogP contribution in [-0.2, 0) is 4.79 Å². The van der Waals surface area contributed by atoms with Crippen LogP contribution in [0.15, 0.2) is 36.5 Å². The molecular weight excluding hydrogens is 256 g/mol. The molecule has 1 aromatic heterocycles. The minimum atomic E-state index is -0.833. The predicted molar refractivity (Wildman–Crippen MR) is 73.4 cm³/mol. The van der Waals surface area contributed by atoms with E-state index < -0.39 is 11.9 Å². The number of likely N-dealkylation sites (tertiary alicyclic amines) is 1. The molecule has 0 spiro atoms. The Morgan fingerprint density at radius 3 is 2.85 bits per heavy atom. The Balaban J connectivity index is 1.92. The zero-order valence-electron chi connectivity index (χ0n) is 10.8. The normalized spacial score (nSPS) is 18.4. The Hall–Kier alpha value is -2.43. The number of nitrogens with zero attached hydrogens (tertiary/aromatic N) is 2. The summed E-state index contributed by atoms with van der Waals surface area (Å²) < 4.78 is 0. The fraction of sp³-hybridized carbons (Fsp3) is 0.267. The van der Waals surface area contributed by atoms with Crippen LogP contribution in [0.1, 0.15) is 16.8 Å². The van der Waals surface area contributed by atoms with Crippen LogP contribution in [0.5, 0.6) is 0 Å². The van der Waals surface area contributed by atoms with Crippen molar-refractivity contribution in [3.05, 3.63) is 42.1 Å². The molecule has 1 atom stereocenters. The molecule has 0 radical (unpaired) electrons. The molecule has 0 aliphatic carbocycles. The van der Waals surface area contributed by atoms with Crippen molar-refractivity contribution in [2.24, 2.45) is 5.92 Å². The van der Waals surface area contributed by atoms with Crippen LogP contribution in [0.2, 0.25) is 0 Å². The molecule has 20 heavy (non-hydrogen) atoms. The first-order valence-electron chi connectivity index (χ1n) is 6.52. The van der Waals surface area contributed by atoms with Gasteiger partial charge in [-0.05, 0) is 24.6 Å². The highest BCUT2D eigenvalue weighted by molar-refractivity contribution is 6.06. The Labute approximate surface area is 115 Å². The lowest BCUT2D eigenvalue weighted by molar-refractivity contribution is -0.141. The fourth-order valence-electron chi connectivity index (χ4n) is 2.61. The lowest BCUT2D eigenvalue weighted by Gasteiger charge is -2.16. The second-order valence-corrected chi connectivity index (χ2v) is 4.95. The van der Waals surface area contributed by atoms with Gasteiger partial charge < -0.3 is 10.0 Å². The molecule has 2 aromatic rings. The highest BCUT2D eigenvalue weighted by Gasteiger charge is 2.31. The van der Waals surface area contributed by atoms with Gasteiger partial charge in [0.05, 0.1) is 11.4 Å². The molecule has 0 unspecified atom stereocenters. The van der Waals surface area contributed by atoms with Gasteiger partial charge in [-0.3, -0.25) is 14.6 Å². The van der Waals surface area contributed by atoms with Crippen molar-refractivity contribution in [1.82, 2.24) is 9.88 Å². The first-order valence-corrected chi connectivity index (χ1v) is 6.52. The summed E-state index contributed by atoms with van der Waals surface area (Å²) in [6.07, 6.45) is 2.21. The first kappa shape index (κ1) is 12.6. The third-order valence-corrected chi connectivity index (χ3v) is 3.70. The summed E-state index contributed by atoms with van der Waals surface area (Å²) in [5.41, 5.74) is 1.36. The lowest BCUT2D eigenvalue weighted by atomic mass is 10.1. The number of carbonyl (C=O) groups is 2. The van der Waals surface area contributed by atoms with Gasteiger partial charge in [-0.1, -0.05) is 12.1 Å². The van der Waals surface area contributed by atoms with Gasteiger partial charge in [0.15, 0.2) is 0 Å². The van der Waals surface area contributed by atoms with Crippen LogP contribution in [0.25, 0.3) is 10.9 Å². The number of fused-ring (bicyclic) bond motifs is 1. The molecule has 1 N–H and O–H groups in total. The summed E-state index contributed by atoms with van der Waals surface area (Å²) in [5.74, 6) is -1.40. The molecular formula is C15H14N2O3. The van der Waals surface area contributed by atoms with Crippen molar-refractivity contribution in [3.8, 4) is 0 Å². The number of carbonyl (C=O) groups excluding carboxylic acids is 1. The smallest absolute Gasteiger partial charge is 0.308 e. The standard InChI is InChI=1S/C15H14N2O3/c18-14(17-8-6-10(9-17)15(19)20)12-3-1-5-13-11(12)4-2-7-16-13/h1-5,7,10H,6,8-9H2,(H,19,20)/t10-/m1/s1. The number of benzene rings is 1. The van der Waals surface area contributed by atoms with Crippen LogP contribution < -0.4 is 0 Å². The number of pyridine rings is 1. The molecule has 2 heterocycles. The quantitative estimate of drug-likeness (QED) is 0.903. The van der Waals surface area contributed by atoms with Crippen LogP contribution >= 0.6 is 0 Å². The van der Waals surface area contributed by atoms with Gasteiger partial charge in [0.25, 0.3) is 5.91 Å². The summed E-state index contributed by atoms with van der Waals surface area (Å²) in [4.78, 5) is 29.3. The Kier molecular flexibility index (Phi) is 3.10. The summed E-state index contributed by atoms with van der Waals surface area (Å²) in [6.45, 7) is 0.775. The molecule has 3 rings (SSSR count). The molecule has 1 fully saturated rings. The topological polar surface area (TPSA) is 70.5 Å². The molecule has 0 bridgehead atoms. The van der Waals surface area contributed by atoms with Crippen molar-refractivity contribution < 1.29 is 14.7 Å². The molecule has 102 valence electrons. The number of amides is 1. The second-order valence-electron chi connectivity index (χ2n) is 4.95. The molecule has 1 aliphatic heterocycles. The largest absolute Gasteiger partial charge is 0.481 e. The highest BCUT2D eigenvalue weighted by atomic mass is 16.4. The van der Waals surface area contributed by atoms with E-state index in [1.807, 2.05) is 12.1 Å². The number of aliphatic carboxylic acids is 1. The van der Waals surface area contributed by atoms with E-state index in [2.05, 4.69) is 4.98 Å². The third-order valence-electron chi connectivity index (χ3n) is 3.70. The third kappa shape index (κ3) is 2.11. The summed E-state index contributed by atoms with van der Waals surface area (Å²) >= 11 is 0. The molecule has 5 heteroatoms. The average Bonchev–Trinajstić information content (AvgIpc) is 2.96. The molecule has 1 aliphatic rings. The van der Waals surface area contributed by atoms with Crippen molar-refractivity contribution in [2.45, 2.75) is 6.42 Å². The fourth-order valence-corrected chi connectivity index (χ4v) is 2.61. The van der Waals surface area contributed by atoms with Crippen LogP contribution in [0.4, 0.5) is 0 Å². The SMILES string of the molecule is O=C(O)[C@@H]1CCN(C(=O)c2cccc3ncccc23)C1. The molecule has 1 aromatic carbocycles. The van der Waals surface area contributed by atoms with Crippen LogP contribution in [0.3, 0.4) is 0 Å². The van der Waals surface area contributed by atoms with Gasteiger partial charge in [-0.2, -0.15) is 0 Å². The monoisotopic (exact) mass is 270 g/mol. The maximum absolute atomic E-state index is 12.5. The van der Waals surface area contributed by atoms with Crippen molar-refractivity contribution >= 4 is 22.8 Å². The number of hydrogen-bond acceptors (Lipinski definition) is 3. The minimum Gasteiger partial charge on any atom is -0.481 e. The van der Waals surface area contributed by atoms with Gasteiger partial charge in [0.1, 0.15) is 0 Å². The Morgan fingerprint density at radius 1 is 1.25 bits per heavy atom. The van der Waals surface area contributed by atoms with E-state index in [0.717, 1.165) is 10.9 Å². The number of carboxylic acids is 1. The van der Waals surface area contributed by atoms with E-state index in [1.165, 1.54) is 0 Å². The van der Waals surface area contributed by atoms with E-state index in [-0.39, 0.29) is 12.5 Å². The molecule has 5 nitrogen and oxygen atoms in total. The maximum Gasteiger partial charge on any atom is 0.308 e. The molecule has 1 saturated heterocycles. The van der Waals surface area contributed by atoms with Gasteiger partial charge in [0, 0.05) is 30.2 Å². The van der Waals surface area contributed by atoms with Crippen LogP contribution in [0, 0.1) is 5.92 Å². The Bertz CT molecular complexity index is 678. The number of hydrogen-bond donors (Lipinski definition) is 1. The van der Waals surface area contributed by atoms with E-state index in [0.29, 0.717) is 18.5 Å². The zero-order chi connectivity index (χ0) is 14.1. The van der Waals surface area contributed by atoms with E-state index in [4.69, 9.17) is 5.11 Å². The maximum atomic E-state index is 12.5. The average molecular weight is 270 g/mol. The summed E-state index contributed by atoms with van der Waals surface area (Å²) in [5, 5.41) is 9.81. The van der Waals surface area contributed by atoms with Crippen molar-refractivity contribution in [1.29, 1.82) is 0 Å². The second kappa shape index (κ2) is 4.92. The zero-order valence-corrected chi connectivity index (χ0v) is 10.8. The first-order chi connectivity index (χ1) is 9.66. The van der Waals surface area contributed by atoms with Gasteiger partial charge in [0.2, 0.25) is 0 Å². The van der Waals surface area contributed by atoms with E-state index >= 15 is 0 Å². The van der Waals surface area contributed by atoms with E-state index in [9.17, 15) is 9.59 Å². The van der Waals surface area contributed by atoms with Gasteiger partial charge >= 0.3 is 5.97 Å². The molecule has 0 saturated carbocycles. The van der Waals surface area contributed by atoms with Gasteiger partial charge in [-0.15, -0.1) is 0 Å². The van der Waals surface area contributed by atoms with Crippen molar-refractivity contribution in [3.63, 3.8) is 0 Å². The Morgan fingerprint density at radius 2 is 2.10 bits per heavy atom. The number of aromatic nitrogens is 1. The minimum absolute atomic E-state index is 0.118. The summed E-state index contributed by atoms with van der Waals surface area (Å²) in [6, 6.07) is 9.08. The number of carboxylic acid groups (broad SMARTS) is 1. The van der Waals surface area contributed by atoms with E-state index in [1.54, 1.807) is 29.3 Å².